The summed E-state index contributed by atoms with van der Waals surface area (Å²) in [4.78, 5) is 23.1. The van der Waals surface area contributed by atoms with Crippen molar-refractivity contribution in [2.24, 2.45) is 5.73 Å². The van der Waals surface area contributed by atoms with Gasteiger partial charge in [0, 0.05) is 6.42 Å². The molecule has 1 rings (SSSR count). The maximum Gasteiger partial charge on any atom is 0.222 e. The average molecular weight is 342 g/mol. The Labute approximate surface area is 138 Å². The van der Waals surface area contributed by atoms with Gasteiger partial charge in [0.1, 0.15) is 24.1 Å². The molecule has 0 spiro atoms. The Balaban J connectivity index is 2.66. The minimum atomic E-state index is -2.32. The van der Waals surface area contributed by atoms with E-state index in [-0.39, 0.29) is 18.5 Å². The quantitative estimate of drug-likeness (QED) is 0.188. The fourth-order valence-electron chi connectivity index (χ4n) is 2.00. The summed E-state index contributed by atoms with van der Waals surface area (Å²) in [5.41, 5.74) is 4.03. The lowest BCUT2D eigenvalue weighted by Gasteiger charge is -2.34. The summed E-state index contributed by atoms with van der Waals surface area (Å²) in [5.74, 6) is -0.577. The van der Waals surface area contributed by atoms with Crippen molar-refractivity contribution >= 4 is 12.2 Å². The zero-order valence-corrected chi connectivity index (χ0v) is 12.9. The van der Waals surface area contributed by atoms with Crippen molar-refractivity contribution < 1.29 is 35.1 Å². The Kier molecular flexibility index (Phi) is 7.26. The molecular formula is C15H22N2O7. The molecular weight excluding hydrogens is 320 g/mol. The predicted octanol–water partition coefficient (Wildman–Crippen LogP) is -2.63. The van der Waals surface area contributed by atoms with E-state index in [9.17, 15) is 30.0 Å². The first kappa shape index (κ1) is 20.0. The van der Waals surface area contributed by atoms with E-state index in [4.69, 9.17) is 10.8 Å². The standard InChI is InChI=1S/C15H22N2O7/c16-15(8-19,14(24)13(23)11(21)7-18)17-12(22)6-3-9-1-4-10(20)5-2-9/h1-2,4-5,8,11,13-14,18,20-21,23-24H,3,6-7,16H2,(H,17,22)/t11?,13-,14+,15+/m1/s1. The van der Waals surface area contributed by atoms with Gasteiger partial charge in [-0.25, -0.2) is 0 Å². The van der Waals surface area contributed by atoms with Gasteiger partial charge in [-0.15, -0.1) is 0 Å². The summed E-state index contributed by atoms with van der Waals surface area (Å²) < 4.78 is 0. The third-order valence-electron chi connectivity index (χ3n) is 3.52. The van der Waals surface area contributed by atoms with Gasteiger partial charge in [-0.2, -0.15) is 0 Å². The summed E-state index contributed by atoms with van der Waals surface area (Å²) in [6.07, 6.45) is -5.40. The first-order valence-corrected chi connectivity index (χ1v) is 7.22. The SMILES string of the molecule is N[C@@](C=O)(NC(=O)CCc1ccc(O)cc1)[C@@H](O)[C@H](O)C(O)CO. The minimum absolute atomic E-state index is 0.0451. The van der Waals surface area contributed by atoms with E-state index in [1.165, 1.54) is 12.1 Å². The number of phenolic OH excluding ortho intramolecular Hbond substituents is 1. The van der Waals surface area contributed by atoms with Crippen molar-refractivity contribution in [1.82, 2.24) is 5.32 Å². The van der Waals surface area contributed by atoms with E-state index in [2.05, 4.69) is 5.32 Å². The fraction of sp³-hybridized carbons (Fsp3) is 0.467. The van der Waals surface area contributed by atoms with Crippen LogP contribution in [-0.4, -0.2) is 68.3 Å². The number of rotatable bonds is 9. The van der Waals surface area contributed by atoms with E-state index in [0.29, 0.717) is 6.42 Å². The van der Waals surface area contributed by atoms with Crippen LogP contribution in [0.1, 0.15) is 12.0 Å². The van der Waals surface area contributed by atoms with Crippen molar-refractivity contribution in [2.45, 2.75) is 36.8 Å². The number of aromatic hydroxyl groups is 1. The summed E-state index contributed by atoms with van der Waals surface area (Å²) in [6, 6.07) is 6.16. The van der Waals surface area contributed by atoms with Gasteiger partial charge in [0.25, 0.3) is 0 Å². The molecule has 0 aliphatic carbocycles. The lowest BCUT2D eigenvalue weighted by molar-refractivity contribution is -0.140. The van der Waals surface area contributed by atoms with Crippen molar-refractivity contribution in [3.05, 3.63) is 29.8 Å². The average Bonchev–Trinajstić information content (AvgIpc) is 2.59. The van der Waals surface area contributed by atoms with E-state index in [1.807, 2.05) is 0 Å². The summed E-state index contributed by atoms with van der Waals surface area (Å²) in [7, 11) is 0. The molecule has 8 N–H and O–H groups in total. The highest BCUT2D eigenvalue weighted by atomic mass is 16.4. The largest absolute Gasteiger partial charge is 0.508 e. The molecule has 1 amide bonds. The fourth-order valence-corrected chi connectivity index (χ4v) is 2.00. The third-order valence-corrected chi connectivity index (χ3v) is 3.52. The van der Waals surface area contributed by atoms with Crippen LogP contribution in [0.5, 0.6) is 5.75 Å². The highest BCUT2D eigenvalue weighted by Crippen LogP contribution is 2.13. The number of aryl methyl sites for hydroxylation is 1. The van der Waals surface area contributed by atoms with Crippen LogP contribution in [-0.2, 0) is 16.0 Å². The molecule has 0 aromatic heterocycles. The van der Waals surface area contributed by atoms with Gasteiger partial charge >= 0.3 is 0 Å². The van der Waals surface area contributed by atoms with Crippen LogP contribution in [0.3, 0.4) is 0 Å². The number of amides is 1. The molecule has 1 aromatic carbocycles. The predicted molar refractivity (Wildman–Crippen MR) is 82.7 cm³/mol. The van der Waals surface area contributed by atoms with Gasteiger partial charge in [0.05, 0.1) is 6.61 Å². The van der Waals surface area contributed by atoms with E-state index >= 15 is 0 Å². The van der Waals surface area contributed by atoms with Crippen LogP contribution >= 0.6 is 0 Å². The summed E-state index contributed by atoms with van der Waals surface area (Å²) in [6.45, 7) is -0.859. The van der Waals surface area contributed by atoms with Crippen LogP contribution in [0.2, 0.25) is 0 Å². The molecule has 0 saturated heterocycles. The van der Waals surface area contributed by atoms with Gasteiger partial charge in [-0.3, -0.25) is 9.59 Å². The molecule has 9 nitrogen and oxygen atoms in total. The van der Waals surface area contributed by atoms with Gasteiger partial charge in [-0.1, -0.05) is 12.1 Å². The lowest BCUT2D eigenvalue weighted by Crippen LogP contribution is -2.69. The minimum Gasteiger partial charge on any atom is -0.508 e. The Morgan fingerprint density at radius 3 is 2.33 bits per heavy atom. The number of nitrogens with two attached hydrogens (primary N) is 1. The number of hydrogen-bond donors (Lipinski definition) is 7. The van der Waals surface area contributed by atoms with Crippen LogP contribution < -0.4 is 11.1 Å². The number of carbonyl (C=O) groups excluding carboxylic acids is 2. The van der Waals surface area contributed by atoms with E-state index < -0.39 is 36.5 Å². The number of benzene rings is 1. The van der Waals surface area contributed by atoms with Gasteiger partial charge in [-0.05, 0) is 24.1 Å². The number of phenols is 1. The molecule has 0 heterocycles. The molecule has 1 aromatic rings. The number of nitrogens with one attached hydrogen (secondary N) is 1. The number of aliphatic hydroxyl groups is 4. The number of aliphatic hydroxyl groups excluding tert-OH is 4. The maximum absolute atomic E-state index is 11.9. The normalized spacial score (nSPS) is 17.4. The zero-order chi connectivity index (χ0) is 18.3. The molecule has 0 aliphatic heterocycles. The number of aldehydes is 1. The van der Waals surface area contributed by atoms with Crippen molar-refractivity contribution in [3.63, 3.8) is 0 Å². The first-order valence-electron chi connectivity index (χ1n) is 7.22. The van der Waals surface area contributed by atoms with Crippen LogP contribution in [0.4, 0.5) is 0 Å². The zero-order valence-electron chi connectivity index (χ0n) is 12.9. The number of hydrogen-bond acceptors (Lipinski definition) is 8. The van der Waals surface area contributed by atoms with Crippen LogP contribution in [0.25, 0.3) is 0 Å². The second-order valence-corrected chi connectivity index (χ2v) is 5.45. The highest BCUT2D eigenvalue weighted by Gasteiger charge is 2.42. The maximum atomic E-state index is 11.9. The summed E-state index contributed by atoms with van der Waals surface area (Å²) in [5, 5.41) is 48.8. The molecule has 4 atom stereocenters. The first-order chi connectivity index (χ1) is 11.2. The smallest absolute Gasteiger partial charge is 0.222 e. The van der Waals surface area contributed by atoms with Gasteiger partial charge in [0.2, 0.25) is 5.91 Å². The highest BCUT2D eigenvalue weighted by molar-refractivity contribution is 5.82. The monoisotopic (exact) mass is 342 g/mol. The van der Waals surface area contributed by atoms with Crippen LogP contribution in [0.15, 0.2) is 24.3 Å². The third kappa shape index (κ3) is 5.25. The summed E-state index contributed by atoms with van der Waals surface area (Å²) >= 11 is 0. The van der Waals surface area contributed by atoms with Crippen molar-refractivity contribution in [2.75, 3.05) is 6.61 Å². The second-order valence-electron chi connectivity index (χ2n) is 5.45. The van der Waals surface area contributed by atoms with Crippen molar-refractivity contribution in [1.29, 1.82) is 0 Å². The second kappa shape index (κ2) is 8.71. The van der Waals surface area contributed by atoms with E-state index in [0.717, 1.165) is 5.56 Å². The molecule has 1 unspecified atom stereocenters. The molecule has 0 fully saturated rings. The molecule has 0 radical (unpaired) electrons. The molecule has 0 bridgehead atoms. The number of carbonyl (C=O) groups is 2. The lowest BCUT2D eigenvalue weighted by atomic mass is 9.96. The molecule has 0 saturated carbocycles. The Hall–Kier alpha value is -2.04. The molecule has 134 valence electrons. The van der Waals surface area contributed by atoms with Gasteiger partial charge in [0.15, 0.2) is 11.9 Å². The Morgan fingerprint density at radius 2 is 1.83 bits per heavy atom. The van der Waals surface area contributed by atoms with Gasteiger partial charge < -0.3 is 36.6 Å². The Morgan fingerprint density at radius 1 is 1.25 bits per heavy atom. The molecule has 24 heavy (non-hydrogen) atoms. The molecule has 9 heteroatoms. The topological polar surface area (TPSA) is 173 Å². The Bertz CT molecular complexity index is 551. The molecule has 0 aliphatic rings. The van der Waals surface area contributed by atoms with Crippen molar-refractivity contribution in [3.8, 4) is 5.75 Å². The van der Waals surface area contributed by atoms with E-state index in [1.54, 1.807) is 12.1 Å². The van der Waals surface area contributed by atoms with Crippen LogP contribution in [0, 0.1) is 0 Å².